The Hall–Kier alpha value is -4.22. The van der Waals surface area contributed by atoms with Gasteiger partial charge in [0.05, 0.1) is 40.2 Å². The minimum atomic E-state index is -0.706. The van der Waals surface area contributed by atoms with Gasteiger partial charge < -0.3 is 20.4 Å². The Balaban J connectivity index is 1.57. The number of dihydropyridines is 1. The van der Waals surface area contributed by atoms with Crippen molar-refractivity contribution in [2.75, 3.05) is 16.4 Å². The standard InChI is InChI=1S/C27H24N4O3S/c1-17-10-12-20(13-11-17)30-23(32)16-35-27-21(15-28)25(22-9-6-14-34-22)24(18(2)29-27)26(33)31-19-7-4-3-5-8-19/h3-14,25,29H,16H2,1-2H3,(H,30,32)(H,31,33)/t25-/m0/s1. The van der Waals surface area contributed by atoms with Gasteiger partial charge in [0.1, 0.15) is 5.76 Å². The number of carbonyl (C=O) groups is 2. The molecule has 0 saturated heterocycles. The van der Waals surface area contributed by atoms with E-state index in [1.165, 1.54) is 18.0 Å². The highest BCUT2D eigenvalue weighted by atomic mass is 32.2. The smallest absolute Gasteiger partial charge is 0.254 e. The molecular formula is C27H24N4O3S. The summed E-state index contributed by atoms with van der Waals surface area (Å²) < 4.78 is 5.63. The molecule has 7 nitrogen and oxygen atoms in total. The van der Waals surface area contributed by atoms with Gasteiger partial charge in [0.15, 0.2) is 0 Å². The molecule has 1 aromatic heterocycles. The molecule has 1 aliphatic rings. The molecule has 35 heavy (non-hydrogen) atoms. The molecule has 0 unspecified atom stereocenters. The SMILES string of the molecule is CC1=C(C(=O)Nc2ccccc2)[C@H](c2ccco2)C(C#N)=C(SCC(=O)Nc2ccc(C)cc2)N1. The zero-order valence-electron chi connectivity index (χ0n) is 19.3. The van der Waals surface area contributed by atoms with E-state index in [9.17, 15) is 14.9 Å². The number of furan rings is 1. The van der Waals surface area contributed by atoms with Crippen LogP contribution in [0.2, 0.25) is 0 Å². The number of hydrogen-bond donors (Lipinski definition) is 3. The van der Waals surface area contributed by atoms with Gasteiger partial charge in [-0.15, -0.1) is 0 Å². The molecule has 8 heteroatoms. The quantitative estimate of drug-likeness (QED) is 0.420. The lowest BCUT2D eigenvalue weighted by molar-refractivity contribution is -0.114. The van der Waals surface area contributed by atoms with Gasteiger partial charge in [-0.25, -0.2) is 0 Å². The predicted molar refractivity (Wildman–Crippen MR) is 137 cm³/mol. The summed E-state index contributed by atoms with van der Waals surface area (Å²) in [5.74, 6) is -0.679. The Labute approximate surface area is 207 Å². The fourth-order valence-corrected chi connectivity index (χ4v) is 4.65. The van der Waals surface area contributed by atoms with Crippen LogP contribution in [0.1, 0.15) is 24.2 Å². The number of rotatable bonds is 7. The molecule has 0 saturated carbocycles. The van der Waals surface area contributed by atoms with Gasteiger partial charge in [0.25, 0.3) is 5.91 Å². The average molecular weight is 485 g/mol. The Morgan fingerprint density at radius 2 is 1.71 bits per heavy atom. The summed E-state index contributed by atoms with van der Waals surface area (Å²) >= 11 is 1.21. The number of nitrogens with zero attached hydrogens (tertiary/aromatic N) is 1. The van der Waals surface area contributed by atoms with Crippen LogP contribution >= 0.6 is 11.8 Å². The maximum atomic E-state index is 13.3. The molecule has 3 N–H and O–H groups in total. The molecule has 0 fully saturated rings. The number of benzene rings is 2. The van der Waals surface area contributed by atoms with Crippen molar-refractivity contribution in [3.8, 4) is 6.07 Å². The summed E-state index contributed by atoms with van der Waals surface area (Å²) in [4.78, 5) is 25.8. The van der Waals surface area contributed by atoms with E-state index in [1.54, 1.807) is 31.2 Å². The van der Waals surface area contributed by atoms with Gasteiger partial charge >= 0.3 is 0 Å². The Bertz CT molecular complexity index is 1320. The van der Waals surface area contributed by atoms with Crippen LogP contribution in [0.4, 0.5) is 11.4 Å². The van der Waals surface area contributed by atoms with Crippen LogP contribution < -0.4 is 16.0 Å². The lowest BCUT2D eigenvalue weighted by Crippen LogP contribution is -2.31. The van der Waals surface area contributed by atoms with E-state index in [4.69, 9.17) is 4.42 Å². The third-order valence-electron chi connectivity index (χ3n) is 5.43. The van der Waals surface area contributed by atoms with Crippen LogP contribution in [0.25, 0.3) is 0 Å². The maximum absolute atomic E-state index is 13.3. The van der Waals surface area contributed by atoms with Crippen LogP contribution in [0.3, 0.4) is 0 Å². The van der Waals surface area contributed by atoms with Crippen molar-refractivity contribution in [1.29, 1.82) is 5.26 Å². The number of nitrogens with one attached hydrogen (secondary N) is 3. The molecule has 2 amide bonds. The van der Waals surface area contributed by atoms with E-state index in [2.05, 4.69) is 22.0 Å². The molecular weight excluding hydrogens is 460 g/mol. The van der Waals surface area contributed by atoms with Crippen LogP contribution in [0.15, 0.2) is 99.3 Å². The van der Waals surface area contributed by atoms with Crippen LogP contribution in [-0.4, -0.2) is 17.6 Å². The molecule has 2 aromatic carbocycles. The maximum Gasteiger partial charge on any atom is 0.254 e. The Morgan fingerprint density at radius 3 is 2.37 bits per heavy atom. The molecule has 176 valence electrons. The van der Waals surface area contributed by atoms with Crippen molar-refractivity contribution >= 4 is 35.0 Å². The minimum Gasteiger partial charge on any atom is -0.468 e. The highest BCUT2D eigenvalue weighted by Gasteiger charge is 2.36. The molecule has 1 aliphatic heterocycles. The Kier molecular flexibility index (Phi) is 7.38. The van der Waals surface area contributed by atoms with Crippen LogP contribution in [-0.2, 0) is 9.59 Å². The largest absolute Gasteiger partial charge is 0.468 e. The van der Waals surface area contributed by atoms with Gasteiger partial charge in [-0.1, -0.05) is 47.7 Å². The summed E-state index contributed by atoms with van der Waals surface area (Å²) in [6, 6.07) is 22.3. The van der Waals surface area contributed by atoms with Crippen LogP contribution in [0.5, 0.6) is 0 Å². The molecule has 1 atom stereocenters. The Morgan fingerprint density at radius 1 is 1.00 bits per heavy atom. The van der Waals surface area contributed by atoms with Gasteiger partial charge in [-0.3, -0.25) is 9.59 Å². The lowest BCUT2D eigenvalue weighted by Gasteiger charge is -2.28. The first-order valence-electron chi connectivity index (χ1n) is 11.0. The molecule has 3 aromatic rings. The van der Waals surface area contributed by atoms with Crippen molar-refractivity contribution in [2.45, 2.75) is 19.8 Å². The van der Waals surface area contributed by atoms with Crippen molar-refractivity contribution in [3.63, 3.8) is 0 Å². The number of carbonyl (C=O) groups excluding carboxylic acids is 2. The third kappa shape index (κ3) is 5.65. The summed E-state index contributed by atoms with van der Waals surface area (Å²) in [5, 5.41) is 19.5. The second kappa shape index (κ2) is 10.8. The van der Waals surface area contributed by atoms with Gasteiger partial charge in [-0.2, -0.15) is 5.26 Å². The van der Waals surface area contributed by atoms with Crippen LogP contribution in [0, 0.1) is 18.3 Å². The molecule has 4 rings (SSSR count). The number of para-hydroxylation sites is 1. The second-order valence-electron chi connectivity index (χ2n) is 7.99. The van der Waals surface area contributed by atoms with Crippen molar-refractivity contribution in [3.05, 3.63) is 106 Å². The molecule has 0 bridgehead atoms. The van der Waals surface area contributed by atoms with E-state index in [0.717, 1.165) is 5.56 Å². The normalized spacial score (nSPS) is 15.3. The fourth-order valence-electron chi connectivity index (χ4n) is 3.76. The number of nitriles is 1. The first kappa shape index (κ1) is 23.9. The van der Waals surface area contributed by atoms with Crippen molar-refractivity contribution in [2.24, 2.45) is 0 Å². The van der Waals surface area contributed by atoms with E-state index in [-0.39, 0.29) is 17.6 Å². The number of allylic oxidation sites excluding steroid dienone is 2. The highest BCUT2D eigenvalue weighted by Crippen LogP contribution is 2.41. The highest BCUT2D eigenvalue weighted by molar-refractivity contribution is 8.03. The first-order valence-corrected chi connectivity index (χ1v) is 12.0. The summed E-state index contributed by atoms with van der Waals surface area (Å²) in [6.45, 7) is 3.75. The summed E-state index contributed by atoms with van der Waals surface area (Å²) in [6.07, 6.45) is 1.51. The van der Waals surface area contributed by atoms with E-state index in [1.807, 2.05) is 49.4 Å². The predicted octanol–water partition coefficient (Wildman–Crippen LogP) is 5.29. The number of thioether (sulfide) groups is 1. The summed E-state index contributed by atoms with van der Waals surface area (Å²) in [5.41, 5.74) is 3.74. The van der Waals surface area contributed by atoms with Gasteiger partial charge in [0, 0.05) is 17.1 Å². The summed E-state index contributed by atoms with van der Waals surface area (Å²) in [7, 11) is 0. The minimum absolute atomic E-state index is 0.0884. The van der Waals surface area contributed by atoms with Crippen molar-refractivity contribution in [1.82, 2.24) is 5.32 Å². The van der Waals surface area contributed by atoms with Crippen molar-refractivity contribution < 1.29 is 14.0 Å². The zero-order valence-corrected chi connectivity index (χ0v) is 20.1. The molecule has 0 radical (unpaired) electrons. The van der Waals surface area contributed by atoms with Gasteiger partial charge in [-0.05, 0) is 50.2 Å². The average Bonchev–Trinajstić information content (AvgIpc) is 3.39. The molecule has 2 heterocycles. The van der Waals surface area contributed by atoms with Gasteiger partial charge in [0.2, 0.25) is 5.91 Å². The fraction of sp³-hybridized carbons (Fsp3) is 0.148. The molecule has 0 aliphatic carbocycles. The van der Waals surface area contributed by atoms with E-state index >= 15 is 0 Å². The monoisotopic (exact) mass is 484 g/mol. The topological polar surface area (TPSA) is 107 Å². The number of amides is 2. The number of aryl methyl sites for hydroxylation is 1. The number of anilines is 2. The third-order valence-corrected chi connectivity index (χ3v) is 6.45. The number of hydrogen-bond acceptors (Lipinski definition) is 6. The lowest BCUT2D eigenvalue weighted by atomic mass is 9.85. The molecule has 0 spiro atoms. The second-order valence-corrected chi connectivity index (χ2v) is 8.98. The first-order chi connectivity index (χ1) is 17.0. The zero-order chi connectivity index (χ0) is 24.8. The van der Waals surface area contributed by atoms with E-state index in [0.29, 0.717) is 39.0 Å². The van der Waals surface area contributed by atoms with E-state index < -0.39 is 5.92 Å².